The lowest BCUT2D eigenvalue weighted by atomic mass is 9.48. The summed E-state index contributed by atoms with van der Waals surface area (Å²) >= 11 is 0. The number of allylic oxidation sites excluding steroid dienone is 1. The first kappa shape index (κ1) is 22.7. The molecule has 2 saturated heterocycles. The van der Waals surface area contributed by atoms with Crippen LogP contribution in [0.1, 0.15) is 33.6 Å². The molecule has 1 atom stereocenters. The Bertz CT molecular complexity index is 1370. The molecular weight excluding hydrogens is 456 g/mol. The third-order valence-corrected chi connectivity index (χ3v) is 9.08. The summed E-state index contributed by atoms with van der Waals surface area (Å²) in [5.74, 6) is -2.04. The number of rotatable bonds is 0. The smallest absolute Gasteiger partial charge is 0.243 e. The number of hydrogen-bond donors (Lipinski definition) is 2. The van der Waals surface area contributed by atoms with Crippen molar-refractivity contribution in [2.75, 3.05) is 40.3 Å². The number of carbonyl (C=O) groups is 2. The Morgan fingerprint density at radius 2 is 1.64 bits per heavy atom. The highest BCUT2D eigenvalue weighted by molar-refractivity contribution is 6.34. The van der Waals surface area contributed by atoms with E-state index < -0.39 is 39.8 Å². The minimum absolute atomic E-state index is 0.000570. The molecule has 3 heterocycles. The SMILES string of the molecule is CN1CCC2(CC1)C1=C3C(=C(N)C2(C#N)C#N)C(=N)OC2(C(=O)c4ccccc4C2=O)[C@@H]3CN(C)C1. The number of Topliss-reactive ketones (excluding diaryl/α,β-unsaturated/α-hetero) is 2. The van der Waals surface area contributed by atoms with Gasteiger partial charge in [-0.1, -0.05) is 24.3 Å². The number of likely N-dealkylation sites (N-methyl/N-ethyl adjacent to an activating group) is 1. The van der Waals surface area contributed by atoms with Gasteiger partial charge >= 0.3 is 0 Å². The summed E-state index contributed by atoms with van der Waals surface area (Å²) in [4.78, 5) is 32.0. The third kappa shape index (κ3) is 2.33. The molecule has 0 amide bonds. The van der Waals surface area contributed by atoms with Gasteiger partial charge in [0.15, 0.2) is 5.41 Å². The van der Waals surface area contributed by atoms with E-state index >= 15 is 0 Å². The molecule has 182 valence electrons. The van der Waals surface area contributed by atoms with E-state index in [1.54, 1.807) is 24.3 Å². The van der Waals surface area contributed by atoms with Gasteiger partial charge in [0.25, 0.3) is 0 Å². The number of carbonyl (C=O) groups excluding carboxylic acids is 2. The lowest BCUT2D eigenvalue weighted by Crippen LogP contribution is -2.65. The summed E-state index contributed by atoms with van der Waals surface area (Å²) in [6.45, 7) is 2.13. The van der Waals surface area contributed by atoms with Crippen LogP contribution in [-0.2, 0) is 4.74 Å². The van der Waals surface area contributed by atoms with Crippen LogP contribution in [0.15, 0.2) is 46.7 Å². The van der Waals surface area contributed by atoms with Crippen molar-refractivity contribution in [1.29, 1.82) is 15.9 Å². The fraction of sp³-hybridized carbons (Fsp3) is 0.444. The molecule has 0 bridgehead atoms. The van der Waals surface area contributed by atoms with Crippen LogP contribution in [0, 0.1) is 44.8 Å². The van der Waals surface area contributed by atoms with Crippen LogP contribution >= 0.6 is 0 Å². The van der Waals surface area contributed by atoms with Gasteiger partial charge in [0.2, 0.25) is 23.1 Å². The van der Waals surface area contributed by atoms with Gasteiger partial charge in [-0.2, -0.15) is 10.5 Å². The van der Waals surface area contributed by atoms with Crippen molar-refractivity contribution < 1.29 is 14.3 Å². The van der Waals surface area contributed by atoms with Crippen molar-refractivity contribution in [2.45, 2.75) is 18.4 Å². The lowest BCUT2D eigenvalue weighted by Gasteiger charge is -2.58. The Hall–Kier alpha value is -3.79. The zero-order valence-corrected chi connectivity index (χ0v) is 20.2. The maximum atomic E-state index is 13.9. The predicted molar refractivity (Wildman–Crippen MR) is 129 cm³/mol. The minimum Gasteiger partial charge on any atom is -0.453 e. The van der Waals surface area contributed by atoms with Crippen LogP contribution in [-0.4, -0.2) is 73.1 Å². The monoisotopic (exact) mass is 482 g/mol. The van der Waals surface area contributed by atoms with Crippen molar-refractivity contribution in [1.82, 2.24) is 9.80 Å². The van der Waals surface area contributed by atoms with E-state index in [2.05, 4.69) is 17.0 Å². The molecule has 2 fully saturated rings. The Balaban J connectivity index is 1.67. The van der Waals surface area contributed by atoms with E-state index in [1.165, 1.54) is 0 Å². The predicted octanol–water partition coefficient (Wildman–Crippen LogP) is 1.64. The molecule has 6 rings (SSSR count). The Morgan fingerprint density at radius 3 is 2.19 bits per heavy atom. The number of ether oxygens (including phenoxy) is 1. The summed E-state index contributed by atoms with van der Waals surface area (Å²) < 4.78 is 6.05. The van der Waals surface area contributed by atoms with Crippen LogP contribution in [0.5, 0.6) is 0 Å². The second-order valence-electron chi connectivity index (χ2n) is 10.7. The molecule has 9 heteroatoms. The number of benzene rings is 1. The minimum atomic E-state index is -1.90. The summed E-state index contributed by atoms with van der Waals surface area (Å²) in [6, 6.07) is 11.2. The Labute approximate surface area is 208 Å². The molecule has 5 aliphatic rings. The first-order chi connectivity index (χ1) is 17.2. The van der Waals surface area contributed by atoms with Crippen molar-refractivity contribution >= 4 is 17.5 Å². The molecule has 0 radical (unpaired) electrons. The fourth-order valence-corrected chi connectivity index (χ4v) is 7.27. The van der Waals surface area contributed by atoms with Gasteiger partial charge in [0.1, 0.15) is 0 Å². The van der Waals surface area contributed by atoms with E-state index in [0.29, 0.717) is 55.7 Å². The molecule has 1 aromatic rings. The van der Waals surface area contributed by atoms with Crippen LogP contribution in [0.4, 0.5) is 0 Å². The van der Waals surface area contributed by atoms with E-state index in [9.17, 15) is 20.1 Å². The first-order valence-electron chi connectivity index (χ1n) is 12.1. The van der Waals surface area contributed by atoms with E-state index in [1.807, 2.05) is 19.0 Å². The normalized spacial score (nSPS) is 28.0. The molecule has 3 N–H and O–H groups in total. The first-order valence-corrected chi connectivity index (χ1v) is 12.1. The standard InChI is InChI=1S/C27H26N6O3/c1-32-9-7-25(8-10-32)17-11-33(2)12-18-19(17)20(21(30)26(25,13-28)14-29)24(31)36-27(18)22(34)15-5-3-4-6-16(15)23(27)35/h3-6,18,31H,7-12,30H2,1-2H3/t18-/m1/s1. The molecule has 36 heavy (non-hydrogen) atoms. The number of fused-ring (bicyclic) bond motifs is 3. The topological polar surface area (TPSA) is 147 Å². The number of nitrogens with one attached hydrogen (secondary N) is 1. The van der Waals surface area contributed by atoms with Crippen LogP contribution in [0.25, 0.3) is 0 Å². The van der Waals surface area contributed by atoms with Crippen LogP contribution < -0.4 is 5.73 Å². The van der Waals surface area contributed by atoms with Crippen LogP contribution in [0.2, 0.25) is 0 Å². The second kappa shape index (κ2) is 7.13. The zero-order chi connectivity index (χ0) is 25.6. The van der Waals surface area contributed by atoms with Gasteiger partial charge in [0, 0.05) is 29.6 Å². The molecule has 1 aromatic carbocycles. The number of nitriles is 2. The quantitative estimate of drug-likeness (QED) is 0.531. The Morgan fingerprint density at radius 1 is 1.06 bits per heavy atom. The number of nitrogens with zero attached hydrogens (tertiary/aromatic N) is 4. The molecule has 0 unspecified atom stereocenters. The summed E-state index contributed by atoms with van der Waals surface area (Å²) in [6.07, 6.45) is 1.06. The van der Waals surface area contributed by atoms with Gasteiger partial charge in [-0.25, -0.2) is 0 Å². The van der Waals surface area contributed by atoms with E-state index in [-0.39, 0.29) is 11.3 Å². The van der Waals surface area contributed by atoms with Gasteiger partial charge < -0.3 is 20.3 Å². The van der Waals surface area contributed by atoms with Crippen molar-refractivity contribution in [3.05, 3.63) is 57.8 Å². The average Bonchev–Trinajstić information content (AvgIpc) is 3.08. The largest absolute Gasteiger partial charge is 0.453 e. The lowest BCUT2D eigenvalue weighted by molar-refractivity contribution is 0.00319. The van der Waals surface area contributed by atoms with Gasteiger partial charge in [-0.15, -0.1) is 0 Å². The summed E-state index contributed by atoms with van der Waals surface area (Å²) in [5.41, 5.74) is 4.49. The summed E-state index contributed by atoms with van der Waals surface area (Å²) in [5, 5.41) is 29.8. The highest BCUT2D eigenvalue weighted by Gasteiger charge is 2.70. The molecule has 2 aliphatic carbocycles. The van der Waals surface area contributed by atoms with Crippen LogP contribution in [0.3, 0.4) is 0 Å². The second-order valence-corrected chi connectivity index (χ2v) is 10.7. The molecule has 0 aromatic heterocycles. The highest BCUT2D eigenvalue weighted by Crippen LogP contribution is 2.63. The average molecular weight is 483 g/mol. The number of likely N-dealkylation sites (tertiary alicyclic amines) is 1. The molecular formula is C27H26N6O3. The van der Waals surface area contributed by atoms with Gasteiger partial charge in [0.05, 0.1) is 29.3 Å². The zero-order valence-electron chi connectivity index (χ0n) is 20.2. The summed E-state index contributed by atoms with van der Waals surface area (Å²) in [7, 11) is 3.90. The molecule has 0 saturated carbocycles. The number of piperidine rings is 1. The Kier molecular flexibility index (Phi) is 4.49. The molecule has 2 spiro atoms. The molecule has 3 aliphatic heterocycles. The van der Waals surface area contributed by atoms with Crippen molar-refractivity contribution in [2.24, 2.45) is 22.5 Å². The number of hydrogen-bond acceptors (Lipinski definition) is 9. The van der Waals surface area contributed by atoms with Crippen molar-refractivity contribution in [3.63, 3.8) is 0 Å². The number of ketones is 2. The highest BCUT2D eigenvalue weighted by atomic mass is 16.5. The van der Waals surface area contributed by atoms with E-state index in [0.717, 1.165) is 5.57 Å². The molecule has 9 nitrogen and oxygen atoms in total. The van der Waals surface area contributed by atoms with Gasteiger partial charge in [-0.05, 0) is 51.2 Å². The number of nitrogens with two attached hydrogens (primary N) is 1. The maximum Gasteiger partial charge on any atom is 0.243 e. The van der Waals surface area contributed by atoms with Crippen molar-refractivity contribution in [3.8, 4) is 12.1 Å². The maximum absolute atomic E-state index is 13.9. The fourth-order valence-electron chi connectivity index (χ4n) is 7.27. The van der Waals surface area contributed by atoms with E-state index in [4.69, 9.17) is 15.9 Å². The third-order valence-electron chi connectivity index (χ3n) is 9.08. The van der Waals surface area contributed by atoms with Gasteiger partial charge in [-0.3, -0.25) is 15.0 Å².